The maximum atomic E-state index is 11.5. The number of rotatable bonds is 3. The summed E-state index contributed by atoms with van der Waals surface area (Å²) < 4.78 is 1.02. The molecule has 0 atom stereocenters. The minimum absolute atomic E-state index is 0.0454. The molecule has 0 aliphatic carbocycles. The molecular weight excluding hydrogens is 254 g/mol. The van der Waals surface area contributed by atoms with Crippen molar-refractivity contribution >= 4 is 11.5 Å². The number of H-pyrrole nitrogens is 1. The van der Waals surface area contributed by atoms with Gasteiger partial charge in [-0.05, 0) is 11.6 Å². The first-order valence-corrected chi connectivity index (χ1v) is 5.16. The minimum atomic E-state index is -1.03. The highest BCUT2D eigenvalue weighted by atomic mass is 16.6. The van der Waals surface area contributed by atoms with Crippen LogP contribution < -0.4 is 17.0 Å². The topological polar surface area (TPSA) is 137 Å². The van der Waals surface area contributed by atoms with Gasteiger partial charge in [-0.15, -0.1) is 0 Å². The second-order valence-corrected chi connectivity index (χ2v) is 3.75. The number of hydrogen-bond acceptors (Lipinski definition) is 6. The second-order valence-electron chi connectivity index (χ2n) is 3.75. The van der Waals surface area contributed by atoms with E-state index in [1.807, 2.05) is 4.98 Å². The Bertz CT molecular complexity index is 731. The molecule has 98 valence electrons. The van der Waals surface area contributed by atoms with Crippen molar-refractivity contribution in [3.8, 4) is 0 Å². The van der Waals surface area contributed by atoms with Gasteiger partial charge in [-0.3, -0.25) is 24.5 Å². The maximum Gasteiger partial charge on any atom is 0.350 e. The van der Waals surface area contributed by atoms with Crippen molar-refractivity contribution in [2.45, 2.75) is 6.54 Å². The number of aromatic amines is 1. The van der Waals surface area contributed by atoms with E-state index in [2.05, 4.69) is 4.98 Å². The molecule has 0 amide bonds. The van der Waals surface area contributed by atoms with Gasteiger partial charge in [-0.2, -0.15) is 0 Å². The number of pyridine rings is 1. The molecule has 3 N–H and O–H groups in total. The summed E-state index contributed by atoms with van der Waals surface area (Å²) in [4.78, 5) is 38.2. The van der Waals surface area contributed by atoms with Crippen molar-refractivity contribution in [2.24, 2.45) is 0 Å². The van der Waals surface area contributed by atoms with Crippen LogP contribution in [0.2, 0.25) is 0 Å². The summed E-state index contributed by atoms with van der Waals surface area (Å²) in [6, 6.07) is 3.17. The zero-order valence-electron chi connectivity index (χ0n) is 9.57. The fraction of sp³-hybridized carbons (Fsp3) is 0.100. The number of aromatic nitrogens is 3. The van der Waals surface area contributed by atoms with Crippen LogP contribution in [0.1, 0.15) is 5.56 Å². The third-order valence-electron chi connectivity index (χ3n) is 2.39. The van der Waals surface area contributed by atoms with Crippen molar-refractivity contribution in [3.05, 3.63) is 61.0 Å². The lowest BCUT2D eigenvalue weighted by Gasteiger charge is -2.04. The molecule has 0 unspecified atom stereocenters. The van der Waals surface area contributed by atoms with Crippen LogP contribution in [0.5, 0.6) is 0 Å². The van der Waals surface area contributed by atoms with Gasteiger partial charge >= 0.3 is 16.9 Å². The Labute approximate surface area is 105 Å². The quantitative estimate of drug-likeness (QED) is 0.564. The summed E-state index contributed by atoms with van der Waals surface area (Å²) in [5.41, 5.74) is 3.59. The minimum Gasteiger partial charge on any atom is -0.384 e. The van der Waals surface area contributed by atoms with Crippen LogP contribution in [0.4, 0.5) is 11.5 Å². The monoisotopic (exact) mass is 263 g/mol. The van der Waals surface area contributed by atoms with Gasteiger partial charge in [0.05, 0.1) is 17.7 Å². The van der Waals surface area contributed by atoms with Gasteiger partial charge in [0.25, 0.3) is 0 Å². The van der Waals surface area contributed by atoms with Crippen LogP contribution in [0, 0.1) is 10.1 Å². The normalized spacial score (nSPS) is 10.3. The molecule has 2 rings (SSSR count). The lowest BCUT2D eigenvalue weighted by Crippen LogP contribution is -2.31. The van der Waals surface area contributed by atoms with E-state index < -0.39 is 21.9 Å². The van der Waals surface area contributed by atoms with Crippen LogP contribution in [0.3, 0.4) is 0 Å². The molecule has 0 aliphatic heterocycles. The predicted octanol–water partition coefficient (Wildman–Crippen LogP) is -0.530. The lowest BCUT2D eigenvalue weighted by atomic mass is 10.3. The Kier molecular flexibility index (Phi) is 3.10. The molecule has 0 saturated heterocycles. The highest BCUT2D eigenvalue weighted by Crippen LogP contribution is 2.04. The zero-order valence-corrected chi connectivity index (χ0v) is 9.57. The summed E-state index contributed by atoms with van der Waals surface area (Å²) in [5, 5.41) is 10.6. The molecule has 0 fully saturated rings. The Morgan fingerprint density at radius 1 is 1.42 bits per heavy atom. The molecule has 9 heteroatoms. The zero-order chi connectivity index (χ0) is 14.0. The maximum absolute atomic E-state index is 11.5. The number of nitrogens with one attached hydrogen (secondary N) is 1. The number of nitrogens with zero attached hydrogens (tertiary/aromatic N) is 3. The van der Waals surface area contributed by atoms with E-state index in [-0.39, 0.29) is 6.54 Å². The van der Waals surface area contributed by atoms with Gasteiger partial charge in [0.2, 0.25) is 0 Å². The molecule has 0 aromatic carbocycles. The van der Waals surface area contributed by atoms with Crippen LogP contribution in [-0.4, -0.2) is 19.5 Å². The predicted molar refractivity (Wildman–Crippen MR) is 65.7 cm³/mol. The largest absolute Gasteiger partial charge is 0.384 e. The van der Waals surface area contributed by atoms with Gasteiger partial charge in [0, 0.05) is 6.20 Å². The van der Waals surface area contributed by atoms with Crippen molar-refractivity contribution in [1.82, 2.24) is 14.5 Å². The molecule has 0 aliphatic rings. The number of nitrogen functional groups attached to an aromatic ring is 1. The summed E-state index contributed by atoms with van der Waals surface area (Å²) >= 11 is 0. The highest BCUT2D eigenvalue weighted by molar-refractivity contribution is 5.29. The van der Waals surface area contributed by atoms with Crippen molar-refractivity contribution < 1.29 is 4.92 Å². The number of anilines is 1. The summed E-state index contributed by atoms with van der Waals surface area (Å²) in [6.45, 7) is 0.0454. The van der Waals surface area contributed by atoms with Crippen LogP contribution in [-0.2, 0) is 6.54 Å². The van der Waals surface area contributed by atoms with E-state index in [4.69, 9.17) is 5.73 Å². The van der Waals surface area contributed by atoms with Gasteiger partial charge in [0.15, 0.2) is 0 Å². The van der Waals surface area contributed by atoms with Crippen LogP contribution in [0.25, 0.3) is 0 Å². The van der Waals surface area contributed by atoms with Crippen LogP contribution >= 0.6 is 0 Å². The molecule has 9 nitrogen and oxygen atoms in total. The van der Waals surface area contributed by atoms with Gasteiger partial charge in [-0.1, -0.05) is 6.07 Å². The molecule has 2 heterocycles. The molecule has 19 heavy (non-hydrogen) atoms. The number of nitro groups is 1. The van der Waals surface area contributed by atoms with Crippen molar-refractivity contribution in [2.75, 3.05) is 5.73 Å². The van der Waals surface area contributed by atoms with E-state index in [0.717, 1.165) is 10.8 Å². The average molecular weight is 263 g/mol. The van der Waals surface area contributed by atoms with E-state index in [0.29, 0.717) is 11.4 Å². The van der Waals surface area contributed by atoms with E-state index in [9.17, 15) is 19.7 Å². The van der Waals surface area contributed by atoms with E-state index in [1.165, 1.54) is 6.20 Å². The lowest BCUT2D eigenvalue weighted by molar-refractivity contribution is -0.386. The van der Waals surface area contributed by atoms with Gasteiger partial charge in [-0.25, -0.2) is 9.78 Å². The summed E-state index contributed by atoms with van der Waals surface area (Å²) in [5.74, 6) is 0.323. The fourth-order valence-electron chi connectivity index (χ4n) is 1.47. The molecule has 0 radical (unpaired) electrons. The average Bonchev–Trinajstić information content (AvgIpc) is 2.34. The first kappa shape index (κ1) is 12.5. The third-order valence-corrected chi connectivity index (χ3v) is 2.39. The molecule has 2 aromatic heterocycles. The van der Waals surface area contributed by atoms with Crippen molar-refractivity contribution in [1.29, 1.82) is 0 Å². The third kappa shape index (κ3) is 2.65. The Balaban J connectivity index is 2.43. The van der Waals surface area contributed by atoms with Gasteiger partial charge < -0.3 is 5.73 Å². The van der Waals surface area contributed by atoms with E-state index in [1.54, 1.807) is 12.1 Å². The Hall–Kier alpha value is -2.97. The number of hydrogen-bond donors (Lipinski definition) is 2. The summed E-state index contributed by atoms with van der Waals surface area (Å²) in [6.07, 6.45) is 2.34. The van der Waals surface area contributed by atoms with Gasteiger partial charge in [0.1, 0.15) is 5.82 Å². The Morgan fingerprint density at radius 2 is 2.16 bits per heavy atom. The second kappa shape index (κ2) is 4.72. The first-order valence-electron chi connectivity index (χ1n) is 5.16. The standard InChI is InChI=1S/C10H9N5O4/c11-8-2-1-6(3-12-8)4-14-5-7(15(18)19)9(16)13-10(14)17/h1-3,5H,4H2,(H2,11,12)(H,13,16,17). The fourth-order valence-corrected chi connectivity index (χ4v) is 1.47. The smallest absolute Gasteiger partial charge is 0.350 e. The van der Waals surface area contributed by atoms with Crippen molar-refractivity contribution in [3.63, 3.8) is 0 Å². The summed E-state index contributed by atoms with van der Waals surface area (Å²) in [7, 11) is 0. The molecule has 0 bridgehead atoms. The molecule has 2 aromatic rings. The SMILES string of the molecule is Nc1ccc(Cn2cc([N+](=O)[O-])c(=O)[nH]c2=O)cn1. The number of nitrogens with two attached hydrogens (primary N) is 1. The molecule has 0 saturated carbocycles. The first-order chi connectivity index (χ1) is 8.97. The van der Waals surface area contributed by atoms with Crippen LogP contribution in [0.15, 0.2) is 34.1 Å². The van der Waals surface area contributed by atoms with E-state index >= 15 is 0 Å². The highest BCUT2D eigenvalue weighted by Gasteiger charge is 2.14. The molecular formula is C10H9N5O4. The molecule has 0 spiro atoms. The Morgan fingerprint density at radius 3 is 2.74 bits per heavy atom.